The van der Waals surface area contributed by atoms with E-state index in [1.54, 1.807) is 0 Å². The normalized spacial score (nSPS) is 10.5. The van der Waals surface area contributed by atoms with Crippen molar-refractivity contribution in [3.63, 3.8) is 0 Å². The molecule has 31 heavy (non-hydrogen) atoms. The van der Waals surface area contributed by atoms with Crippen LogP contribution in [-0.2, 0) is 6.61 Å². The number of aromatic carboxylic acids is 1. The van der Waals surface area contributed by atoms with Crippen molar-refractivity contribution in [1.29, 1.82) is 0 Å². The minimum Gasteiger partial charge on any atom is -0.507 e. The van der Waals surface area contributed by atoms with E-state index in [4.69, 9.17) is 14.6 Å². The average molecular weight is 412 g/mol. The Morgan fingerprint density at radius 3 is 2.19 bits per heavy atom. The van der Waals surface area contributed by atoms with Gasteiger partial charge in [-0.25, -0.2) is 4.79 Å². The van der Waals surface area contributed by atoms with E-state index in [1.807, 2.05) is 78.9 Å². The van der Waals surface area contributed by atoms with E-state index in [9.17, 15) is 9.90 Å². The van der Waals surface area contributed by atoms with E-state index < -0.39 is 5.97 Å². The third kappa shape index (κ3) is 5.03. The quantitative estimate of drug-likeness (QED) is 0.382. The summed E-state index contributed by atoms with van der Waals surface area (Å²) in [6, 6.07) is 29.5. The molecule has 2 N–H and O–H groups in total. The zero-order valence-electron chi connectivity index (χ0n) is 16.6. The van der Waals surface area contributed by atoms with Gasteiger partial charge in [0.25, 0.3) is 0 Å². The molecule has 4 aromatic rings. The van der Waals surface area contributed by atoms with Gasteiger partial charge in [0.1, 0.15) is 35.2 Å². The van der Waals surface area contributed by atoms with Crippen LogP contribution in [0.2, 0.25) is 0 Å². The maximum Gasteiger partial charge on any atom is 0.339 e. The fraction of sp³-hybridized carbons (Fsp3) is 0.0385. The summed E-state index contributed by atoms with van der Waals surface area (Å²) in [5.41, 5.74) is 2.75. The molecule has 0 aromatic heterocycles. The maximum absolute atomic E-state index is 11.2. The molecule has 0 heterocycles. The van der Waals surface area contributed by atoms with Crippen LogP contribution in [0.4, 0.5) is 0 Å². The van der Waals surface area contributed by atoms with Crippen LogP contribution in [0.25, 0.3) is 11.1 Å². The van der Waals surface area contributed by atoms with Gasteiger partial charge in [-0.05, 0) is 65.2 Å². The first-order valence-corrected chi connectivity index (χ1v) is 9.70. The highest BCUT2D eigenvalue weighted by Gasteiger charge is 2.11. The van der Waals surface area contributed by atoms with E-state index >= 15 is 0 Å². The Bertz CT molecular complexity index is 1200. The summed E-state index contributed by atoms with van der Waals surface area (Å²) >= 11 is 0. The summed E-state index contributed by atoms with van der Waals surface area (Å²) in [6.45, 7) is 0.262. The third-order valence-corrected chi connectivity index (χ3v) is 4.68. The van der Waals surface area contributed by atoms with Gasteiger partial charge in [-0.2, -0.15) is 0 Å². The van der Waals surface area contributed by atoms with Crippen molar-refractivity contribution in [1.82, 2.24) is 0 Å². The molecule has 0 radical (unpaired) electrons. The Labute approximate surface area is 179 Å². The third-order valence-electron chi connectivity index (χ3n) is 4.68. The number of hydrogen-bond donors (Lipinski definition) is 2. The molecule has 5 heteroatoms. The van der Waals surface area contributed by atoms with E-state index in [2.05, 4.69) is 0 Å². The molecule has 0 saturated heterocycles. The van der Waals surface area contributed by atoms with Crippen molar-refractivity contribution in [3.8, 4) is 34.1 Å². The van der Waals surface area contributed by atoms with E-state index in [0.29, 0.717) is 5.75 Å². The van der Waals surface area contributed by atoms with Gasteiger partial charge in [-0.15, -0.1) is 0 Å². The molecule has 154 valence electrons. The molecule has 0 fully saturated rings. The fourth-order valence-corrected chi connectivity index (χ4v) is 3.15. The number of ether oxygens (including phenoxy) is 2. The minimum absolute atomic E-state index is 0.193. The highest BCUT2D eigenvalue weighted by Crippen LogP contribution is 2.28. The number of aromatic hydroxyl groups is 1. The van der Waals surface area contributed by atoms with Gasteiger partial charge in [-0.1, -0.05) is 48.5 Å². The molecule has 4 aromatic carbocycles. The fourth-order valence-electron chi connectivity index (χ4n) is 3.15. The van der Waals surface area contributed by atoms with Crippen LogP contribution in [0.1, 0.15) is 15.9 Å². The molecule has 0 saturated carbocycles. The van der Waals surface area contributed by atoms with Gasteiger partial charge in [0.05, 0.1) is 0 Å². The topological polar surface area (TPSA) is 76.0 Å². The molecule has 4 rings (SSSR count). The molecule has 0 bridgehead atoms. The van der Waals surface area contributed by atoms with Gasteiger partial charge in [-0.3, -0.25) is 0 Å². The highest BCUT2D eigenvalue weighted by atomic mass is 16.5. The van der Waals surface area contributed by atoms with Crippen molar-refractivity contribution >= 4 is 5.97 Å². The molecule has 5 nitrogen and oxygen atoms in total. The molecule has 0 aliphatic carbocycles. The average Bonchev–Trinajstić information content (AvgIpc) is 2.79. The lowest BCUT2D eigenvalue weighted by molar-refractivity contribution is 0.0693. The first-order valence-electron chi connectivity index (χ1n) is 9.70. The zero-order valence-corrected chi connectivity index (χ0v) is 16.6. The van der Waals surface area contributed by atoms with Crippen molar-refractivity contribution in [2.24, 2.45) is 0 Å². The zero-order chi connectivity index (χ0) is 21.6. The van der Waals surface area contributed by atoms with Gasteiger partial charge in [0, 0.05) is 0 Å². The number of phenols is 1. The second kappa shape index (κ2) is 9.05. The Morgan fingerprint density at radius 2 is 1.42 bits per heavy atom. The summed E-state index contributed by atoms with van der Waals surface area (Å²) in [6.07, 6.45) is 0. The number of carboxylic acid groups (broad SMARTS) is 1. The second-order valence-electron chi connectivity index (χ2n) is 6.92. The van der Waals surface area contributed by atoms with Gasteiger partial charge in [0.2, 0.25) is 0 Å². The lowest BCUT2D eigenvalue weighted by atomic mass is 10.0. The van der Waals surface area contributed by atoms with E-state index in [1.165, 1.54) is 18.2 Å². The number of rotatable bonds is 7. The summed E-state index contributed by atoms with van der Waals surface area (Å²) in [5, 5.41) is 18.7. The number of benzene rings is 4. The van der Waals surface area contributed by atoms with Gasteiger partial charge >= 0.3 is 5.97 Å². The molecule has 0 aliphatic heterocycles. The van der Waals surface area contributed by atoms with Crippen LogP contribution >= 0.6 is 0 Å². The minimum atomic E-state index is -1.21. The Hall–Kier alpha value is -4.25. The molecular weight excluding hydrogens is 392 g/mol. The lowest BCUT2D eigenvalue weighted by Gasteiger charge is -2.11. The van der Waals surface area contributed by atoms with Crippen LogP contribution in [0.5, 0.6) is 23.0 Å². The smallest absolute Gasteiger partial charge is 0.339 e. The molecule has 0 atom stereocenters. The van der Waals surface area contributed by atoms with Crippen LogP contribution in [0.3, 0.4) is 0 Å². The van der Waals surface area contributed by atoms with Crippen molar-refractivity contribution in [2.75, 3.05) is 0 Å². The number of para-hydroxylation sites is 1. The van der Waals surface area contributed by atoms with Crippen LogP contribution in [-0.4, -0.2) is 16.2 Å². The van der Waals surface area contributed by atoms with Crippen molar-refractivity contribution in [2.45, 2.75) is 6.61 Å². The summed E-state index contributed by atoms with van der Waals surface area (Å²) < 4.78 is 11.7. The molecule has 0 spiro atoms. The summed E-state index contributed by atoms with van der Waals surface area (Å²) in [5.74, 6) is 0.396. The Morgan fingerprint density at radius 1 is 0.710 bits per heavy atom. The van der Waals surface area contributed by atoms with E-state index in [-0.39, 0.29) is 17.9 Å². The molecule has 0 aliphatic rings. The van der Waals surface area contributed by atoms with E-state index in [0.717, 1.165) is 28.2 Å². The number of hydrogen-bond acceptors (Lipinski definition) is 4. The van der Waals surface area contributed by atoms with Crippen molar-refractivity contribution in [3.05, 3.63) is 108 Å². The first kappa shape index (κ1) is 20.0. The molecular formula is C26H20O5. The maximum atomic E-state index is 11.2. The predicted molar refractivity (Wildman–Crippen MR) is 118 cm³/mol. The predicted octanol–water partition coefficient (Wildman–Crippen LogP) is 6.13. The first-order chi connectivity index (χ1) is 15.1. The molecule has 0 unspecified atom stereocenters. The van der Waals surface area contributed by atoms with Crippen LogP contribution in [0, 0.1) is 0 Å². The number of carbonyl (C=O) groups is 1. The largest absolute Gasteiger partial charge is 0.507 e. The summed E-state index contributed by atoms with van der Waals surface area (Å²) in [4.78, 5) is 11.2. The van der Waals surface area contributed by atoms with Crippen LogP contribution in [0.15, 0.2) is 97.1 Å². The Kier molecular flexibility index (Phi) is 5.85. The van der Waals surface area contributed by atoms with Gasteiger partial charge in [0.15, 0.2) is 0 Å². The lowest BCUT2D eigenvalue weighted by Crippen LogP contribution is -2.00. The summed E-state index contributed by atoms with van der Waals surface area (Å²) in [7, 11) is 0. The highest BCUT2D eigenvalue weighted by molar-refractivity contribution is 5.91. The standard InChI is InChI=1S/C26H20O5/c27-25-13-12-22(16-24(25)26(28)29)30-17-18-6-4-7-19(14-18)20-8-5-11-23(15-20)31-21-9-2-1-3-10-21/h1-16,27H,17H2,(H,28,29). The van der Waals surface area contributed by atoms with Crippen LogP contribution < -0.4 is 9.47 Å². The monoisotopic (exact) mass is 412 g/mol. The Balaban J connectivity index is 1.49. The second-order valence-corrected chi connectivity index (χ2v) is 6.92. The van der Waals surface area contributed by atoms with Gasteiger partial charge < -0.3 is 19.7 Å². The molecule has 0 amide bonds. The van der Waals surface area contributed by atoms with Crippen molar-refractivity contribution < 1.29 is 24.5 Å². The number of carboxylic acids is 1. The SMILES string of the molecule is O=C(O)c1cc(OCc2cccc(-c3cccc(Oc4ccccc4)c3)c2)ccc1O.